The van der Waals surface area contributed by atoms with Crippen LogP contribution in [-0.4, -0.2) is 39.9 Å². The minimum Gasteiger partial charge on any atom is -0.480 e. The number of aliphatic carboxylic acids is 1. The summed E-state index contributed by atoms with van der Waals surface area (Å²) in [4.78, 5) is 22.3. The van der Waals surface area contributed by atoms with Crippen LogP contribution in [0.5, 0.6) is 0 Å². The average Bonchev–Trinajstić information content (AvgIpc) is 2.11. The molecule has 100 valence electrons. The van der Waals surface area contributed by atoms with E-state index in [1.807, 2.05) is 20.8 Å². The smallest absolute Gasteiger partial charge is 0.328 e. The quantitative estimate of drug-likeness (QED) is 0.554. The van der Waals surface area contributed by atoms with Crippen molar-refractivity contribution < 1.29 is 19.8 Å². The van der Waals surface area contributed by atoms with Gasteiger partial charge in [-0.1, -0.05) is 13.3 Å². The fourth-order valence-corrected chi connectivity index (χ4v) is 1.56. The molecule has 2 unspecified atom stereocenters. The number of carbonyl (C=O) groups is 2. The Labute approximate surface area is 101 Å². The lowest BCUT2D eigenvalue weighted by Gasteiger charge is -2.27. The highest BCUT2D eigenvalue weighted by Crippen LogP contribution is 2.10. The molecule has 0 aliphatic heterocycles. The van der Waals surface area contributed by atoms with Gasteiger partial charge in [0.05, 0.1) is 6.10 Å². The molecule has 0 bridgehead atoms. The average molecular weight is 246 g/mol. The van der Waals surface area contributed by atoms with Crippen LogP contribution >= 0.6 is 0 Å². The highest BCUT2D eigenvalue weighted by molar-refractivity contribution is 5.83. The number of hydrogen-bond acceptors (Lipinski definition) is 3. The number of nitrogens with one attached hydrogen (secondary N) is 2. The number of aliphatic hydroxyl groups excluding tert-OH is 1. The number of rotatable bonds is 6. The van der Waals surface area contributed by atoms with Gasteiger partial charge < -0.3 is 20.8 Å². The Kier molecular flexibility index (Phi) is 5.95. The number of amides is 2. The Morgan fingerprint density at radius 2 is 1.88 bits per heavy atom. The summed E-state index contributed by atoms with van der Waals surface area (Å²) in [6, 6.07) is -1.89. The van der Waals surface area contributed by atoms with Crippen molar-refractivity contribution in [3.05, 3.63) is 0 Å². The van der Waals surface area contributed by atoms with E-state index in [0.717, 1.165) is 12.8 Å². The van der Waals surface area contributed by atoms with Crippen molar-refractivity contribution in [1.82, 2.24) is 10.6 Å². The summed E-state index contributed by atoms with van der Waals surface area (Å²) in [5.74, 6) is -1.26. The first-order valence-corrected chi connectivity index (χ1v) is 5.69. The molecule has 0 aromatic rings. The summed E-state index contributed by atoms with van der Waals surface area (Å²) in [6.45, 7) is 7.02. The second kappa shape index (κ2) is 6.44. The molecule has 0 spiro atoms. The lowest BCUT2D eigenvalue weighted by molar-refractivity contribution is -0.141. The first-order valence-electron chi connectivity index (χ1n) is 5.69. The van der Waals surface area contributed by atoms with Crippen molar-refractivity contribution in [1.29, 1.82) is 0 Å². The van der Waals surface area contributed by atoms with Crippen molar-refractivity contribution in [2.45, 2.75) is 58.2 Å². The predicted molar refractivity (Wildman–Crippen MR) is 63.8 cm³/mol. The largest absolute Gasteiger partial charge is 0.480 e. The molecule has 6 heteroatoms. The first-order chi connectivity index (χ1) is 7.69. The molecule has 0 aliphatic carbocycles. The van der Waals surface area contributed by atoms with E-state index in [0.29, 0.717) is 0 Å². The predicted octanol–water partition coefficient (Wildman–Crippen LogP) is 0.698. The van der Waals surface area contributed by atoms with Crippen molar-refractivity contribution in [2.24, 2.45) is 0 Å². The van der Waals surface area contributed by atoms with E-state index < -0.39 is 29.7 Å². The van der Waals surface area contributed by atoms with Crippen LogP contribution in [0, 0.1) is 0 Å². The third-order valence-electron chi connectivity index (χ3n) is 2.36. The molecule has 2 atom stereocenters. The number of carbonyl (C=O) groups excluding carboxylic acids is 1. The van der Waals surface area contributed by atoms with Crippen LogP contribution in [0.3, 0.4) is 0 Å². The van der Waals surface area contributed by atoms with Crippen molar-refractivity contribution in [3.63, 3.8) is 0 Å². The van der Waals surface area contributed by atoms with Gasteiger partial charge in [0.25, 0.3) is 0 Å². The second-order valence-electron chi connectivity index (χ2n) is 4.79. The Morgan fingerprint density at radius 1 is 1.35 bits per heavy atom. The van der Waals surface area contributed by atoms with Crippen LogP contribution in [0.1, 0.15) is 40.5 Å². The van der Waals surface area contributed by atoms with Crippen molar-refractivity contribution in [3.8, 4) is 0 Å². The molecule has 0 saturated carbocycles. The summed E-state index contributed by atoms with van der Waals surface area (Å²) >= 11 is 0. The molecular formula is C11H22N2O4. The van der Waals surface area contributed by atoms with Gasteiger partial charge in [0.1, 0.15) is 0 Å². The van der Waals surface area contributed by atoms with Crippen LogP contribution in [0.4, 0.5) is 4.79 Å². The summed E-state index contributed by atoms with van der Waals surface area (Å²) in [7, 11) is 0. The van der Waals surface area contributed by atoms with Gasteiger partial charge in [0.2, 0.25) is 0 Å². The third kappa shape index (κ3) is 6.11. The van der Waals surface area contributed by atoms with Crippen molar-refractivity contribution >= 4 is 12.0 Å². The molecule has 0 saturated heterocycles. The molecule has 0 aliphatic rings. The molecule has 6 nitrogen and oxygen atoms in total. The Balaban J connectivity index is 4.38. The van der Waals surface area contributed by atoms with E-state index >= 15 is 0 Å². The highest BCUT2D eigenvalue weighted by Gasteiger charge is 2.27. The number of urea groups is 1. The molecule has 0 aromatic carbocycles. The maximum absolute atomic E-state index is 11.6. The van der Waals surface area contributed by atoms with Gasteiger partial charge in [0, 0.05) is 5.54 Å². The molecule has 0 fully saturated rings. The molecule has 0 rings (SSSR count). The number of carboxylic acids is 1. The molecule has 4 N–H and O–H groups in total. The lowest BCUT2D eigenvalue weighted by atomic mass is 9.99. The second-order valence-corrected chi connectivity index (χ2v) is 4.79. The minimum absolute atomic E-state index is 0.402. The maximum Gasteiger partial charge on any atom is 0.328 e. The van der Waals surface area contributed by atoms with Gasteiger partial charge >= 0.3 is 12.0 Å². The van der Waals surface area contributed by atoms with E-state index in [1.54, 1.807) is 0 Å². The molecule has 0 aromatic heterocycles. The standard InChI is InChI=1S/C11H22N2O4/c1-5-6-11(3,4)13-10(17)12-8(7(2)14)9(15)16/h7-8,14H,5-6H2,1-4H3,(H,15,16)(H2,12,13,17). The summed E-state index contributed by atoms with van der Waals surface area (Å²) < 4.78 is 0. The SMILES string of the molecule is CCCC(C)(C)NC(=O)NC(C(=O)O)C(C)O. The Morgan fingerprint density at radius 3 is 2.24 bits per heavy atom. The fraction of sp³-hybridized carbons (Fsp3) is 0.818. The summed E-state index contributed by atoms with van der Waals surface area (Å²) in [6.07, 6.45) is 0.548. The third-order valence-corrected chi connectivity index (χ3v) is 2.36. The van der Waals surface area contributed by atoms with Crippen LogP contribution in [0.15, 0.2) is 0 Å². The van der Waals surface area contributed by atoms with Crippen LogP contribution in [0.25, 0.3) is 0 Å². The van der Waals surface area contributed by atoms with E-state index in [-0.39, 0.29) is 0 Å². The molecule has 0 heterocycles. The summed E-state index contributed by atoms with van der Waals surface area (Å²) in [5, 5.41) is 22.9. The van der Waals surface area contributed by atoms with E-state index in [2.05, 4.69) is 10.6 Å². The van der Waals surface area contributed by atoms with E-state index in [4.69, 9.17) is 5.11 Å². The Bertz CT molecular complexity index is 277. The van der Waals surface area contributed by atoms with Gasteiger partial charge in [-0.2, -0.15) is 0 Å². The summed E-state index contributed by atoms with van der Waals surface area (Å²) in [5.41, 5.74) is -0.402. The maximum atomic E-state index is 11.6. The highest BCUT2D eigenvalue weighted by atomic mass is 16.4. The lowest BCUT2D eigenvalue weighted by Crippen LogP contribution is -2.55. The topological polar surface area (TPSA) is 98.7 Å². The number of carboxylic acid groups (broad SMARTS) is 1. The normalized spacial score (nSPS) is 14.9. The van der Waals surface area contributed by atoms with Gasteiger partial charge in [-0.3, -0.25) is 0 Å². The molecule has 2 amide bonds. The van der Waals surface area contributed by atoms with Crippen LogP contribution in [0.2, 0.25) is 0 Å². The van der Waals surface area contributed by atoms with E-state index in [1.165, 1.54) is 6.92 Å². The van der Waals surface area contributed by atoms with Gasteiger partial charge in [0.15, 0.2) is 6.04 Å². The minimum atomic E-state index is -1.30. The molecule has 17 heavy (non-hydrogen) atoms. The van der Waals surface area contributed by atoms with Gasteiger partial charge in [-0.05, 0) is 27.2 Å². The first kappa shape index (κ1) is 15.7. The molecule has 0 radical (unpaired) electrons. The number of aliphatic hydroxyl groups is 1. The monoisotopic (exact) mass is 246 g/mol. The van der Waals surface area contributed by atoms with Gasteiger partial charge in [-0.15, -0.1) is 0 Å². The van der Waals surface area contributed by atoms with Crippen LogP contribution in [-0.2, 0) is 4.79 Å². The van der Waals surface area contributed by atoms with E-state index in [9.17, 15) is 14.7 Å². The Hall–Kier alpha value is -1.30. The number of hydrogen-bond donors (Lipinski definition) is 4. The fourth-order valence-electron chi connectivity index (χ4n) is 1.56. The van der Waals surface area contributed by atoms with Gasteiger partial charge in [-0.25, -0.2) is 9.59 Å². The van der Waals surface area contributed by atoms with Crippen molar-refractivity contribution in [2.75, 3.05) is 0 Å². The zero-order chi connectivity index (χ0) is 13.6. The van der Waals surface area contributed by atoms with Crippen LogP contribution < -0.4 is 10.6 Å². The zero-order valence-corrected chi connectivity index (χ0v) is 10.8. The molecular weight excluding hydrogens is 224 g/mol. The zero-order valence-electron chi connectivity index (χ0n) is 10.8.